The fourth-order valence-electron chi connectivity index (χ4n) is 1.80. The predicted molar refractivity (Wildman–Crippen MR) is 69.0 cm³/mol. The maximum atomic E-state index is 12.4. The van der Waals surface area contributed by atoms with E-state index in [-0.39, 0.29) is 0 Å². The summed E-state index contributed by atoms with van der Waals surface area (Å²) in [6.07, 6.45) is -3.85. The third-order valence-electron chi connectivity index (χ3n) is 2.91. The van der Waals surface area contributed by atoms with Gasteiger partial charge in [-0.15, -0.1) is 0 Å². The third-order valence-corrected chi connectivity index (χ3v) is 3.64. The standard InChI is InChI=1S/C14H13F3OS/c15-14(16,17)12-4-2-11(3-5-12)13(18)6-1-10-7-8-19-9-10/h2-5,7-9,13,18H,1,6H2. The fourth-order valence-corrected chi connectivity index (χ4v) is 2.50. The molecule has 0 fully saturated rings. The van der Waals surface area contributed by atoms with Crippen molar-refractivity contribution in [2.45, 2.75) is 25.1 Å². The highest BCUT2D eigenvalue weighted by atomic mass is 32.1. The Labute approximate surface area is 113 Å². The largest absolute Gasteiger partial charge is 0.416 e. The third kappa shape index (κ3) is 3.81. The number of rotatable bonds is 4. The average molecular weight is 286 g/mol. The summed E-state index contributed by atoms with van der Waals surface area (Å²) < 4.78 is 37.2. The first-order chi connectivity index (χ1) is 8.97. The Hall–Kier alpha value is -1.33. The van der Waals surface area contributed by atoms with Crippen LogP contribution in [0.25, 0.3) is 0 Å². The van der Waals surface area contributed by atoms with Crippen LogP contribution < -0.4 is 0 Å². The summed E-state index contributed by atoms with van der Waals surface area (Å²) >= 11 is 1.59. The molecule has 1 atom stereocenters. The van der Waals surface area contributed by atoms with Gasteiger partial charge in [-0.25, -0.2) is 0 Å². The van der Waals surface area contributed by atoms with Crippen LogP contribution in [-0.2, 0) is 12.6 Å². The SMILES string of the molecule is OC(CCc1ccsc1)c1ccc(C(F)(F)F)cc1. The van der Waals surface area contributed by atoms with Crippen LogP contribution in [0.1, 0.15) is 29.2 Å². The van der Waals surface area contributed by atoms with E-state index in [1.165, 1.54) is 12.1 Å². The fraction of sp³-hybridized carbons (Fsp3) is 0.286. The maximum absolute atomic E-state index is 12.4. The molecule has 0 radical (unpaired) electrons. The second-order valence-corrected chi connectivity index (χ2v) is 5.09. The first-order valence-corrected chi connectivity index (χ1v) is 6.77. The Bertz CT molecular complexity index is 502. The van der Waals surface area contributed by atoms with E-state index in [1.54, 1.807) is 11.3 Å². The summed E-state index contributed by atoms with van der Waals surface area (Å²) in [6, 6.07) is 6.65. The number of aryl methyl sites for hydroxylation is 1. The second-order valence-electron chi connectivity index (χ2n) is 4.31. The lowest BCUT2D eigenvalue weighted by molar-refractivity contribution is -0.137. The van der Waals surface area contributed by atoms with Crippen molar-refractivity contribution >= 4 is 11.3 Å². The molecule has 1 N–H and O–H groups in total. The van der Waals surface area contributed by atoms with Crippen LogP contribution in [0.3, 0.4) is 0 Å². The molecule has 2 aromatic rings. The smallest absolute Gasteiger partial charge is 0.388 e. The number of benzene rings is 1. The molecule has 0 saturated heterocycles. The van der Waals surface area contributed by atoms with Crippen LogP contribution in [-0.4, -0.2) is 5.11 Å². The monoisotopic (exact) mass is 286 g/mol. The zero-order valence-corrected chi connectivity index (χ0v) is 10.8. The van der Waals surface area contributed by atoms with Crippen molar-refractivity contribution in [3.8, 4) is 0 Å². The lowest BCUT2D eigenvalue weighted by Gasteiger charge is -2.12. The highest BCUT2D eigenvalue weighted by Gasteiger charge is 2.30. The molecule has 0 amide bonds. The highest BCUT2D eigenvalue weighted by molar-refractivity contribution is 7.07. The molecular formula is C14H13F3OS. The average Bonchev–Trinajstić information content (AvgIpc) is 2.88. The van der Waals surface area contributed by atoms with Gasteiger partial charge in [-0.3, -0.25) is 0 Å². The quantitative estimate of drug-likeness (QED) is 0.881. The van der Waals surface area contributed by atoms with Gasteiger partial charge < -0.3 is 5.11 Å². The minimum absolute atomic E-state index is 0.502. The minimum Gasteiger partial charge on any atom is -0.388 e. The van der Waals surface area contributed by atoms with Gasteiger partial charge in [0.05, 0.1) is 11.7 Å². The molecule has 5 heteroatoms. The zero-order chi connectivity index (χ0) is 13.9. The number of hydrogen-bond donors (Lipinski definition) is 1. The highest BCUT2D eigenvalue weighted by Crippen LogP contribution is 2.30. The maximum Gasteiger partial charge on any atom is 0.416 e. The molecule has 0 aliphatic rings. The van der Waals surface area contributed by atoms with E-state index >= 15 is 0 Å². The van der Waals surface area contributed by atoms with Crippen molar-refractivity contribution < 1.29 is 18.3 Å². The molecule has 1 aromatic heterocycles. The number of thiophene rings is 1. The van der Waals surface area contributed by atoms with Crippen molar-refractivity contribution in [2.24, 2.45) is 0 Å². The molecule has 1 aromatic carbocycles. The van der Waals surface area contributed by atoms with E-state index in [2.05, 4.69) is 0 Å². The minimum atomic E-state index is -4.33. The predicted octanol–water partition coefficient (Wildman–Crippen LogP) is 4.43. The molecule has 102 valence electrons. The molecule has 1 unspecified atom stereocenters. The van der Waals surface area contributed by atoms with E-state index < -0.39 is 17.8 Å². The van der Waals surface area contributed by atoms with Gasteiger partial charge in [0, 0.05) is 0 Å². The first kappa shape index (κ1) is 14.1. The Morgan fingerprint density at radius 1 is 1.11 bits per heavy atom. The van der Waals surface area contributed by atoms with Crippen LogP contribution in [0, 0.1) is 0 Å². The van der Waals surface area contributed by atoms with Crippen molar-refractivity contribution in [3.05, 3.63) is 57.8 Å². The summed E-state index contributed by atoms with van der Waals surface area (Å²) in [6.45, 7) is 0. The Morgan fingerprint density at radius 3 is 2.32 bits per heavy atom. The molecule has 19 heavy (non-hydrogen) atoms. The summed E-state index contributed by atoms with van der Waals surface area (Å²) in [5.74, 6) is 0. The van der Waals surface area contributed by atoms with E-state index in [4.69, 9.17) is 0 Å². The van der Waals surface area contributed by atoms with Gasteiger partial charge in [0.1, 0.15) is 0 Å². The van der Waals surface area contributed by atoms with Crippen molar-refractivity contribution in [3.63, 3.8) is 0 Å². The van der Waals surface area contributed by atoms with Crippen molar-refractivity contribution in [1.29, 1.82) is 0 Å². The Morgan fingerprint density at radius 2 is 1.79 bits per heavy atom. The van der Waals surface area contributed by atoms with E-state index in [1.807, 2.05) is 16.8 Å². The lowest BCUT2D eigenvalue weighted by Crippen LogP contribution is -2.06. The number of alkyl halides is 3. The van der Waals surface area contributed by atoms with E-state index in [9.17, 15) is 18.3 Å². The normalized spacial score (nSPS) is 13.5. The van der Waals surface area contributed by atoms with Crippen LogP contribution in [0.5, 0.6) is 0 Å². The second kappa shape index (κ2) is 5.75. The number of halogens is 3. The van der Waals surface area contributed by atoms with Crippen molar-refractivity contribution in [1.82, 2.24) is 0 Å². The molecule has 0 saturated carbocycles. The summed E-state index contributed by atoms with van der Waals surface area (Å²) in [7, 11) is 0. The van der Waals surface area contributed by atoms with Gasteiger partial charge in [0.25, 0.3) is 0 Å². The number of hydrogen-bond acceptors (Lipinski definition) is 2. The summed E-state index contributed by atoms with van der Waals surface area (Å²) in [5.41, 5.74) is 0.959. The van der Waals surface area contributed by atoms with E-state index in [0.717, 1.165) is 17.7 Å². The van der Waals surface area contributed by atoms with E-state index in [0.29, 0.717) is 18.4 Å². The lowest BCUT2D eigenvalue weighted by atomic mass is 10.0. The Balaban J connectivity index is 1.97. The van der Waals surface area contributed by atoms with Crippen LogP contribution in [0.15, 0.2) is 41.1 Å². The molecule has 2 rings (SSSR count). The molecule has 0 aliphatic heterocycles. The van der Waals surface area contributed by atoms with Gasteiger partial charge in [0.2, 0.25) is 0 Å². The molecule has 0 spiro atoms. The number of aliphatic hydroxyl groups is 1. The van der Waals surface area contributed by atoms with Crippen LogP contribution >= 0.6 is 11.3 Å². The topological polar surface area (TPSA) is 20.2 Å². The summed E-state index contributed by atoms with van der Waals surface area (Å²) in [5, 5.41) is 13.9. The Kier molecular flexibility index (Phi) is 4.27. The van der Waals surface area contributed by atoms with Gasteiger partial charge >= 0.3 is 6.18 Å². The van der Waals surface area contributed by atoms with Gasteiger partial charge in [-0.05, 0) is 52.9 Å². The molecule has 0 aliphatic carbocycles. The molecule has 0 bridgehead atoms. The molecule has 1 heterocycles. The van der Waals surface area contributed by atoms with Crippen LogP contribution in [0.2, 0.25) is 0 Å². The van der Waals surface area contributed by atoms with Gasteiger partial charge in [-0.2, -0.15) is 24.5 Å². The summed E-state index contributed by atoms with van der Waals surface area (Å²) in [4.78, 5) is 0. The van der Waals surface area contributed by atoms with Gasteiger partial charge in [-0.1, -0.05) is 12.1 Å². The van der Waals surface area contributed by atoms with Gasteiger partial charge in [0.15, 0.2) is 0 Å². The van der Waals surface area contributed by atoms with Crippen LogP contribution in [0.4, 0.5) is 13.2 Å². The number of aliphatic hydroxyl groups excluding tert-OH is 1. The zero-order valence-electron chi connectivity index (χ0n) is 10.0. The molecular weight excluding hydrogens is 273 g/mol. The first-order valence-electron chi connectivity index (χ1n) is 5.83. The molecule has 1 nitrogen and oxygen atoms in total. The van der Waals surface area contributed by atoms with Crippen molar-refractivity contribution in [2.75, 3.05) is 0 Å².